The molecule has 1 aromatic rings. The fourth-order valence-corrected chi connectivity index (χ4v) is 2.39. The molecular weight excluding hydrogens is 409 g/mol. The second kappa shape index (κ2) is 10.9. The van der Waals surface area contributed by atoms with Crippen LogP contribution in [0.15, 0.2) is 21.5 Å². The molecule has 2 N–H and O–H groups in total. The fourth-order valence-electron chi connectivity index (χ4n) is 2.39. The van der Waals surface area contributed by atoms with Crippen molar-refractivity contribution in [2.24, 2.45) is 4.99 Å². The molecule has 2 atom stereocenters. The van der Waals surface area contributed by atoms with Crippen molar-refractivity contribution in [3.05, 3.63) is 23.7 Å². The van der Waals surface area contributed by atoms with Crippen molar-refractivity contribution in [1.82, 2.24) is 10.6 Å². The Morgan fingerprint density at radius 1 is 1.48 bits per heavy atom. The van der Waals surface area contributed by atoms with E-state index in [9.17, 15) is 0 Å². The predicted molar refractivity (Wildman–Crippen MR) is 102 cm³/mol. The molecule has 7 heteroatoms. The maximum Gasteiger partial charge on any atom is 0.191 e. The smallest absolute Gasteiger partial charge is 0.191 e. The van der Waals surface area contributed by atoms with Gasteiger partial charge in [0, 0.05) is 20.2 Å². The van der Waals surface area contributed by atoms with Gasteiger partial charge in [-0.2, -0.15) is 0 Å². The van der Waals surface area contributed by atoms with Crippen LogP contribution in [0.2, 0.25) is 0 Å². The lowest BCUT2D eigenvalue weighted by Crippen LogP contribution is -2.40. The van der Waals surface area contributed by atoms with Gasteiger partial charge in [-0.15, -0.1) is 24.0 Å². The van der Waals surface area contributed by atoms with Gasteiger partial charge in [0.2, 0.25) is 0 Å². The molecule has 2 unspecified atom stereocenters. The molecule has 0 amide bonds. The van der Waals surface area contributed by atoms with Crippen molar-refractivity contribution < 1.29 is 13.9 Å². The molecule has 2 rings (SSSR count). The lowest BCUT2D eigenvalue weighted by Gasteiger charge is -2.16. The van der Waals surface area contributed by atoms with Gasteiger partial charge in [0.1, 0.15) is 11.5 Å². The zero-order valence-electron chi connectivity index (χ0n) is 14.1. The summed E-state index contributed by atoms with van der Waals surface area (Å²) < 4.78 is 16.7. The van der Waals surface area contributed by atoms with Gasteiger partial charge in [-0.25, -0.2) is 0 Å². The van der Waals surface area contributed by atoms with Gasteiger partial charge in [-0.3, -0.25) is 4.99 Å². The van der Waals surface area contributed by atoms with Crippen molar-refractivity contribution in [2.45, 2.75) is 38.8 Å². The van der Waals surface area contributed by atoms with Crippen LogP contribution in [0.5, 0.6) is 0 Å². The number of hydrogen-bond acceptors (Lipinski definition) is 4. The average molecular weight is 437 g/mol. The van der Waals surface area contributed by atoms with Gasteiger partial charge < -0.3 is 24.5 Å². The number of nitrogens with zero attached hydrogens (tertiary/aromatic N) is 1. The Morgan fingerprint density at radius 2 is 2.30 bits per heavy atom. The SMILES string of the molecule is CN=C(NCCOCC1CCCO1)NC(C)c1ccc(C)o1.I. The van der Waals surface area contributed by atoms with Crippen LogP contribution in [0.1, 0.15) is 37.3 Å². The third-order valence-corrected chi connectivity index (χ3v) is 3.63. The quantitative estimate of drug-likeness (QED) is 0.297. The first-order valence-electron chi connectivity index (χ1n) is 7.92. The number of ether oxygens (including phenoxy) is 2. The van der Waals surface area contributed by atoms with E-state index in [0.717, 1.165) is 36.9 Å². The van der Waals surface area contributed by atoms with E-state index in [1.54, 1.807) is 7.05 Å². The number of nitrogens with one attached hydrogen (secondary N) is 2. The van der Waals surface area contributed by atoms with E-state index < -0.39 is 0 Å². The highest BCUT2D eigenvalue weighted by atomic mass is 127. The van der Waals surface area contributed by atoms with E-state index in [1.165, 1.54) is 0 Å². The molecule has 0 spiro atoms. The highest BCUT2D eigenvalue weighted by Crippen LogP contribution is 2.15. The Balaban J connectivity index is 0.00000264. The molecule has 2 heterocycles. The Morgan fingerprint density at radius 3 is 2.91 bits per heavy atom. The minimum absolute atomic E-state index is 0. The topological polar surface area (TPSA) is 68.0 Å². The number of aliphatic imine (C=N–C) groups is 1. The third-order valence-electron chi connectivity index (χ3n) is 3.63. The van der Waals surface area contributed by atoms with Gasteiger partial charge in [0.15, 0.2) is 5.96 Å². The molecule has 6 nitrogen and oxygen atoms in total. The first kappa shape index (κ1) is 20.2. The Labute approximate surface area is 155 Å². The first-order chi connectivity index (χ1) is 10.7. The van der Waals surface area contributed by atoms with Gasteiger partial charge in [0.25, 0.3) is 0 Å². The summed E-state index contributed by atoms with van der Waals surface area (Å²) in [5.41, 5.74) is 0. The molecule has 1 aromatic heterocycles. The largest absolute Gasteiger partial charge is 0.464 e. The Bertz CT molecular complexity index is 473. The van der Waals surface area contributed by atoms with Crippen LogP contribution in [-0.4, -0.2) is 45.5 Å². The summed E-state index contributed by atoms with van der Waals surface area (Å²) in [5.74, 6) is 2.55. The standard InChI is InChI=1S/C16H27N3O3.HI/c1-12-6-7-15(22-12)13(2)19-16(17-3)18-8-10-20-11-14-5-4-9-21-14;/h6-7,13-14H,4-5,8-11H2,1-3H3,(H2,17,18,19);1H. The average Bonchev–Trinajstić information content (AvgIpc) is 3.17. The molecule has 0 radical (unpaired) electrons. The van der Waals surface area contributed by atoms with Crippen molar-refractivity contribution in [1.29, 1.82) is 0 Å². The molecule has 0 bridgehead atoms. The first-order valence-corrected chi connectivity index (χ1v) is 7.92. The molecule has 132 valence electrons. The van der Waals surface area contributed by atoms with E-state index in [-0.39, 0.29) is 36.1 Å². The highest BCUT2D eigenvalue weighted by Gasteiger charge is 2.15. The summed E-state index contributed by atoms with van der Waals surface area (Å²) in [7, 11) is 1.75. The zero-order chi connectivity index (χ0) is 15.8. The van der Waals surface area contributed by atoms with E-state index >= 15 is 0 Å². The number of aryl methyl sites for hydroxylation is 1. The van der Waals surface area contributed by atoms with Gasteiger partial charge in [-0.1, -0.05) is 0 Å². The maximum atomic E-state index is 5.62. The molecule has 0 saturated carbocycles. The van der Waals surface area contributed by atoms with Crippen molar-refractivity contribution >= 4 is 29.9 Å². The minimum Gasteiger partial charge on any atom is -0.464 e. The molecule has 1 aliphatic rings. The summed E-state index contributed by atoms with van der Waals surface area (Å²) in [4.78, 5) is 4.21. The minimum atomic E-state index is 0. The summed E-state index contributed by atoms with van der Waals surface area (Å²) in [6.45, 7) is 6.86. The molecule has 1 saturated heterocycles. The van der Waals surface area contributed by atoms with Crippen LogP contribution in [0, 0.1) is 6.92 Å². The van der Waals surface area contributed by atoms with Gasteiger partial charge in [0.05, 0.1) is 25.4 Å². The van der Waals surface area contributed by atoms with Crippen LogP contribution >= 0.6 is 24.0 Å². The van der Waals surface area contributed by atoms with Gasteiger partial charge in [-0.05, 0) is 38.8 Å². The molecule has 1 fully saturated rings. The number of halogens is 1. The molecule has 0 aliphatic carbocycles. The molecule has 0 aromatic carbocycles. The van der Waals surface area contributed by atoms with Crippen LogP contribution in [0.25, 0.3) is 0 Å². The van der Waals surface area contributed by atoms with Crippen LogP contribution in [0.3, 0.4) is 0 Å². The Hall–Kier alpha value is -0.800. The second-order valence-corrected chi connectivity index (χ2v) is 5.52. The summed E-state index contributed by atoms with van der Waals surface area (Å²) in [6, 6.07) is 4.00. The molecule has 1 aliphatic heterocycles. The summed E-state index contributed by atoms with van der Waals surface area (Å²) in [6.07, 6.45) is 2.53. The summed E-state index contributed by atoms with van der Waals surface area (Å²) in [5, 5.41) is 6.53. The highest BCUT2D eigenvalue weighted by molar-refractivity contribution is 14.0. The molecular formula is C16H28IN3O3. The maximum absolute atomic E-state index is 5.62. The number of furan rings is 1. The third kappa shape index (κ3) is 7.09. The second-order valence-electron chi connectivity index (χ2n) is 5.52. The zero-order valence-corrected chi connectivity index (χ0v) is 16.5. The van der Waals surface area contributed by atoms with E-state index in [1.807, 2.05) is 26.0 Å². The predicted octanol–water partition coefficient (Wildman–Crippen LogP) is 2.63. The number of rotatable bonds is 7. The van der Waals surface area contributed by atoms with Crippen molar-refractivity contribution in [3.8, 4) is 0 Å². The normalized spacial score (nSPS) is 19.3. The lowest BCUT2D eigenvalue weighted by atomic mass is 10.2. The van der Waals surface area contributed by atoms with Crippen LogP contribution < -0.4 is 10.6 Å². The van der Waals surface area contributed by atoms with Crippen molar-refractivity contribution in [2.75, 3.05) is 33.4 Å². The fraction of sp³-hybridized carbons (Fsp3) is 0.688. The number of guanidine groups is 1. The molecule has 23 heavy (non-hydrogen) atoms. The van der Waals surface area contributed by atoms with E-state index in [2.05, 4.69) is 15.6 Å². The summed E-state index contributed by atoms with van der Waals surface area (Å²) >= 11 is 0. The Kier molecular flexibility index (Phi) is 9.57. The van der Waals surface area contributed by atoms with Crippen LogP contribution in [-0.2, 0) is 9.47 Å². The number of hydrogen-bond donors (Lipinski definition) is 2. The van der Waals surface area contributed by atoms with Gasteiger partial charge >= 0.3 is 0 Å². The van der Waals surface area contributed by atoms with Crippen LogP contribution in [0.4, 0.5) is 0 Å². The van der Waals surface area contributed by atoms with Crippen molar-refractivity contribution in [3.63, 3.8) is 0 Å². The lowest BCUT2D eigenvalue weighted by molar-refractivity contribution is 0.0191. The monoisotopic (exact) mass is 437 g/mol. The van der Waals surface area contributed by atoms with E-state index in [0.29, 0.717) is 19.8 Å². The van der Waals surface area contributed by atoms with E-state index in [4.69, 9.17) is 13.9 Å².